The average molecular weight is 598 g/mol. The highest BCUT2D eigenvalue weighted by molar-refractivity contribution is 6.16. The van der Waals surface area contributed by atoms with Gasteiger partial charge in [-0.1, -0.05) is 92.7 Å². The monoisotopic (exact) mass is 597 g/mol. The molecule has 4 aromatic carbocycles. The summed E-state index contributed by atoms with van der Waals surface area (Å²) in [5.74, 6) is -1.86. The van der Waals surface area contributed by atoms with E-state index in [4.69, 9.17) is 0 Å². The number of Topliss-reactive ketones (excluding diaryl/α,β-unsaturated/α-hetero) is 2. The number of nitro benzene ring substituents is 1. The molecule has 4 atom stereocenters. The lowest BCUT2D eigenvalue weighted by Crippen LogP contribution is -2.49. The molecule has 1 spiro atoms. The molecule has 1 saturated heterocycles. The van der Waals surface area contributed by atoms with E-state index in [1.807, 2.05) is 71.6 Å². The van der Waals surface area contributed by atoms with E-state index in [-0.39, 0.29) is 22.9 Å². The second kappa shape index (κ2) is 10.7. The lowest BCUT2D eigenvalue weighted by Gasteiger charge is -2.38. The Morgan fingerprint density at radius 3 is 2.40 bits per heavy atom. The first kappa shape index (κ1) is 28.4. The van der Waals surface area contributed by atoms with Crippen molar-refractivity contribution in [1.82, 2.24) is 4.90 Å². The highest BCUT2D eigenvalue weighted by Crippen LogP contribution is 2.62. The first-order chi connectivity index (χ1) is 21.7. The van der Waals surface area contributed by atoms with Crippen LogP contribution in [0.1, 0.15) is 62.9 Å². The van der Waals surface area contributed by atoms with Crippen LogP contribution >= 0.6 is 0 Å². The van der Waals surface area contributed by atoms with Gasteiger partial charge in [-0.3, -0.25) is 24.5 Å². The molecule has 0 aromatic heterocycles. The van der Waals surface area contributed by atoms with Crippen LogP contribution in [0.2, 0.25) is 0 Å². The lowest BCUT2D eigenvalue weighted by molar-refractivity contribution is -0.384. The zero-order chi connectivity index (χ0) is 31.5. The Labute approximate surface area is 260 Å². The van der Waals surface area contributed by atoms with Crippen LogP contribution in [0.15, 0.2) is 103 Å². The van der Waals surface area contributed by atoms with Gasteiger partial charge < -0.3 is 10.2 Å². The summed E-state index contributed by atoms with van der Waals surface area (Å²) in [4.78, 5) is 57.2. The van der Waals surface area contributed by atoms with E-state index in [9.17, 15) is 24.5 Å². The third-order valence-electron chi connectivity index (χ3n) is 9.35. The largest absolute Gasteiger partial charge is 0.358 e. The van der Waals surface area contributed by atoms with E-state index in [1.54, 1.807) is 18.3 Å². The number of nitro groups is 1. The van der Waals surface area contributed by atoms with Gasteiger partial charge in [0.2, 0.25) is 5.91 Å². The van der Waals surface area contributed by atoms with Crippen molar-refractivity contribution in [2.45, 2.75) is 37.8 Å². The number of carbonyl (C=O) groups excluding carboxylic acids is 3. The molecule has 1 N–H and O–H groups in total. The van der Waals surface area contributed by atoms with Gasteiger partial charge in [0.1, 0.15) is 11.5 Å². The predicted octanol–water partition coefficient (Wildman–Crippen LogP) is 6.78. The van der Waals surface area contributed by atoms with E-state index < -0.39 is 34.1 Å². The van der Waals surface area contributed by atoms with Crippen LogP contribution in [-0.4, -0.2) is 33.3 Å². The molecule has 0 bridgehead atoms. The molecule has 8 nitrogen and oxygen atoms in total. The average Bonchev–Trinajstić information content (AvgIpc) is 3.52. The summed E-state index contributed by atoms with van der Waals surface area (Å²) in [6, 6.07) is 26.2. The van der Waals surface area contributed by atoms with Gasteiger partial charge in [0.25, 0.3) is 5.69 Å². The summed E-state index contributed by atoms with van der Waals surface area (Å²) in [7, 11) is 0. The summed E-state index contributed by atoms with van der Waals surface area (Å²) in [6.07, 6.45) is 4.53. The highest BCUT2D eigenvalue weighted by Gasteiger charge is 2.70. The number of benzene rings is 4. The normalized spacial score (nSPS) is 22.6. The first-order valence-electron chi connectivity index (χ1n) is 15.1. The van der Waals surface area contributed by atoms with E-state index in [0.29, 0.717) is 22.7 Å². The Morgan fingerprint density at radius 1 is 0.911 bits per heavy atom. The Morgan fingerprint density at radius 2 is 1.64 bits per heavy atom. The molecular weight excluding hydrogens is 566 g/mol. The molecule has 1 fully saturated rings. The highest BCUT2D eigenvalue weighted by atomic mass is 16.6. The zero-order valence-corrected chi connectivity index (χ0v) is 24.8. The van der Waals surface area contributed by atoms with E-state index >= 15 is 0 Å². The fraction of sp³-hybridized carbons (Fsp3) is 0.216. The molecule has 45 heavy (non-hydrogen) atoms. The molecule has 3 aliphatic rings. The second-order valence-corrected chi connectivity index (χ2v) is 12.4. The van der Waals surface area contributed by atoms with Gasteiger partial charge in [0.15, 0.2) is 11.6 Å². The molecule has 7 rings (SSSR count). The van der Waals surface area contributed by atoms with Crippen LogP contribution < -0.4 is 5.32 Å². The minimum absolute atomic E-state index is 0.106. The van der Waals surface area contributed by atoms with Crippen molar-refractivity contribution in [3.05, 3.63) is 147 Å². The topological polar surface area (TPSA) is 110 Å². The van der Waals surface area contributed by atoms with Crippen molar-refractivity contribution >= 4 is 34.9 Å². The number of ketones is 2. The Balaban J connectivity index is 1.48. The van der Waals surface area contributed by atoms with Crippen molar-refractivity contribution in [2.24, 2.45) is 11.8 Å². The summed E-state index contributed by atoms with van der Waals surface area (Å²) in [5, 5.41) is 14.7. The van der Waals surface area contributed by atoms with Crippen molar-refractivity contribution in [1.29, 1.82) is 0 Å². The van der Waals surface area contributed by atoms with Crippen LogP contribution in [0.5, 0.6) is 0 Å². The third-order valence-corrected chi connectivity index (χ3v) is 9.35. The van der Waals surface area contributed by atoms with Crippen molar-refractivity contribution in [2.75, 3.05) is 5.32 Å². The maximum atomic E-state index is 15.0. The van der Waals surface area contributed by atoms with Gasteiger partial charge in [0, 0.05) is 35.1 Å². The number of amides is 1. The van der Waals surface area contributed by atoms with Crippen LogP contribution in [0.25, 0.3) is 6.08 Å². The number of nitrogens with one attached hydrogen (secondary N) is 1. The number of nitrogens with zero attached hydrogens (tertiary/aromatic N) is 2. The van der Waals surface area contributed by atoms with Gasteiger partial charge in [-0.25, -0.2) is 0 Å². The molecule has 0 saturated carbocycles. The molecule has 224 valence electrons. The predicted molar refractivity (Wildman–Crippen MR) is 171 cm³/mol. The Bertz CT molecular complexity index is 1910. The van der Waals surface area contributed by atoms with E-state index in [0.717, 1.165) is 23.1 Å². The number of carbonyl (C=O) groups is 3. The van der Waals surface area contributed by atoms with E-state index in [1.165, 1.54) is 24.3 Å². The number of para-hydroxylation sites is 1. The summed E-state index contributed by atoms with van der Waals surface area (Å²) in [6.45, 7) is 4.26. The fourth-order valence-electron chi connectivity index (χ4n) is 7.57. The number of fused-ring (bicyclic) bond motifs is 6. The van der Waals surface area contributed by atoms with Crippen molar-refractivity contribution in [3.8, 4) is 0 Å². The maximum Gasteiger partial charge on any atom is 0.270 e. The summed E-state index contributed by atoms with van der Waals surface area (Å²) < 4.78 is 0. The smallest absolute Gasteiger partial charge is 0.270 e. The molecule has 0 aliphatic carbocycles. The van der Waals surface area contributed by atoms with Crippen LogP contribution in [0, 0.1) is 22.0 Å². The third kappa shape index (κ3) is 4.31. The molecule has 0 radical (unpaired) electrons. The SMILES string of the molecule is CC(C)Cc1ccc(C(=O)[C@H]2[C@@H](C(=O)c3cccc([N+](=O)[O-])c3)N3C=Cc4ccccc4[C@@H]3[C@]23C(=O)Nc2ccccc23)cc1. The summed E-state index contributed by atoms with van der Waals surface area (Å²) in [5.41, 5.74) is 2.87. The van der Waals surface area contributed by atoms with Gasteiger partial charge >= 0.3 is 0 Å². The zero-order valence-electron chi connectivity index (χ0n) is 24.8. The standard InChI is InChI=1S/C37H31N3O5/c1-22(2)20-23-14-16-25(17-15-23)33(41)31-32(34(42)26-9-7-10-27(21-26)40(44)45)39-19-18-24-8-3-4-11-28(24)35(39)37(31)29-12-5-6-13-30(29)38-36(37)43/h3-19,21-22,31-32,35H,20H2,1-2H3,(H,38,43)/t31-,32+,35-,37-/m1/s1. The molecule has 8 heteroatoms. The number of rotatable bonds is 7. The van der Waals surface area contributed by atoms with Crippen LogP contribution in [0.4, 0.5) is 11.4 Å². The van der Waals surface area contributed by atoms with Crippen LogP contribution in [-0.2, 0) is 16.6 Å². The molecule has 3 heterocycles. The molecule has 4 aromatic rings. The minimum atomic E-state index is -1.47. The molecule has 3 aliphatic heterocycles. The minimum Gasteiger partial charge on any atom is -0.358 e. The fourth-order valence-corrected chi connectivity index (χ4v) is 7.57. The lowest BCUT2D eigenvalue weighted by atomic mass is 9.62. The summed E-state index contributed by atoms with van der Waals surface area (Å²) >= 11 is 0. The Kier molecular flexibility index (Phi) is 6.73. The van der Waals surface area contributed by atoms with E-state index in [2.05, 4.69) is 19.2 Å². The number of anilines is 1. The number of hydrogen-bond acceptors (Lipinski definition) is 6. The number of hydrogen-bond donors (Lipinski definition) is 1. The van der Waals surface area contributed by atoms with Gasteiger partial charge in [-0.2, -0.15) is 0 Å². The number of non-ortho nitro benzene ring substituents is 1. The second-order valence-electron chi connectivity index (χ2n) is 12.4. The van der Waals surface area contributed by atoms with Crippen molar-refractivity contribution < 1.29 is 19.3 Å². The van der Waals surface area contributed by atoms with Gasteiger partial charge in [-0.15, -0.1) is 0 Å². The molecular formula is C37H31N3O5. The first-order valence-corrected chi connectivity index (χ1v) is 15.1. The Hall–Kier alpha value is -5.37. The molecule has 0 unspecified atom stereocenters. The maximum absolute atomic E-state index is 15.0. The molecule has 1 amide bonds. The van der Waals surface area contributed by atoms with Gasteiger partial charge in [-0.05, 0) is 46.7 Å². The van der Waals surface area contributed by atoms with Gasteiger partial charge in [0.05, 0.1) is 16.9 Å². The quantitative estimate of drug-likeness (QED) is 0.143. The van der Waals surface area contributed by atoms with Crippen molar-refractivity contribution in [3.63, 3.8) is 0 Å². The van der Waals surface area contributed by atoms with Crippen LogP contribution in [0.3, 0.4) is 0 Å².